The molecule has 1 amide bonds. The van der Waals surface area contributed by atoms with Gasteiger partial charge < -0.3 is 15.4 Å². The molecule has 1 heterocycles. The van der Waals surface area contributed by atoms with Gasteiger partial charge in [-0.05, 0) is 43.5 Å². The fourth-order valence-electron chi connectivity index (χ4n) is 2.27. The van der Waals surface area contributed by atoms with Crippen LogP contribution < -0.4 is 10.5 Å². The Morgan fingerprint density at radius 2 is 1.85 bits per heavy atom. The Balaban J connectivity index is 1.83. The number of hydrogen-bond acceptors (Lipinski definition) is 3. The maximum Gasteiger partial charge on any atom is 0.260 e. The lowest BCUT2D eigenvalue weighted by Crippen LogP contribution is -2.42. The summed E-state index contributed by atoms with van der Waals surface area (Å²) >= 11 is 11.7. The SMILES string of the molecule is NCC1CCN(C(=O)COc2cc(Cl)cc(Cl)c2)CC1. The van der Waals surface area contributed by atoms with Gasteiger partial charge in [-0.25, -0.2) is 0 Å². The van der Waals surface area contributed by atoms with Gasteiger partial charge in [-0.3, -0.25) is 4.79 Å². The minimum atomic E-state index is -0.0171. The molecule has 110 valence electrons. The van der Waals surface area contributed by atoms with Crippen LogP contribution in [0.3, 0.4) is 0 Å². The van der Waals surface area contributed by atoms with Crippen LogP contribution in [0.4, 0.5) is 0 Å². The first kappa shape index (κ1) is 15.4. The summed E-state index contributed by atoms with van der Waals surface area (Å²) in [5.74, 6) is 1.02. The Bertz CT molecular complexity index is 454. The van der Waals surface area contributed by atoms with Gasteiger partial charge in [0, 0.05) is 23.1 Å². The van der Waals surface area contributed by atoms with Crippen molar-refractivity contribution >= 4 is 29.1 Å². The summed E-state index contributed by atoms with van der Waals surface area (Å²) in [4.78, 5) is 13.9. The standard InChI is InChI=1S/C14H18Cl2N2O2/c15-11-5-12(16)7-13(6-11)20-9-14(19)18-3-1-10(8-17)2-4-18/h5-7,10H,1-4,8-9,17H2. The summed E-state index contributed by atoms with van der Waals surface area (Å²) in [6, 6.07) is 4.90. The number of carbonyl (C=O) groups is 1. The number of nitrogens with zero attached hydrogens (tertiary/aromatic N) is 1. The predicted octanol–water partition coefficient (Wildman–Crippen LogP) is 2.57. The number of likely N-dealkylation sites (tertiary alicyclic amines) is 1. The first-order chi connectivity index (χ1) is 9.58. The van der Waals surface area contributed by atoms with E-state index in [0.717, 1.165) is 25.9 Å². The molecule has 4 nitrogen and oxygen atoms in total. The van der Waals surface area contributed by atoms with E-state index < -0.39 is 0 Å². The van der Waals surface area contributed by atoms with Crippen LogP contribution in [0.1, 0.15) is 12.8 Å². The molecular weight excluding hydrogens is 299 g/mol. The van der Waals surface area contributed by atoms with E-state index in [-0.39, 0.29) is 12.5 Å². The molecule has 0 bridgehead atoms. The molecule has 0 atom stereocenters. The van der Waals surface area contributed by atoms with Crippen molar-refractivity contribution in [1.29, 1.82) is 0 Å². The molecule has 1 saturated heterocycles. The number of halogens is 2. The lowest BCUT2D eigenvalue weighted by Gasteiger charge is -2.31. The fraction of sp³-hybridized carbons (Fsp3) is 0.500. The molecule has 0 aliphatic carbocycles. The van der Waals surface area contributed by atoms with Gasteiger partial charge in [-0.15, -0.1) is 0 Å². The highest BCUT2D eigenvalue weighted by Crippen LogP contribution is 2.24. The average Bonchev–Trinajstić information content (AvgIpc) is 2.44. The lowest BCUT2D eigenvalue weighted by molar-refractivity contribution is -0.134. The van der Waals surface area contributed by atoms with Crippen LogP contribution >= 0.6 is 23.2 Å². The molecular formula is C14H18Cl2N2O2. The van der Waals surface area contributed by atoms with Crippen molar-refractivity contribution in [2.24, 2.45) is 11.7 Å². The van der Waals surface area contributed by atoms with Crippen LogP contribution in [-0.4, -0.2) is 37.0 Å². The van der Waals surface area contributed by atoms with Crippen molar-refractivity contribution in [3.8, 4) is 5.75 Å². The number of amides is 1. The Morgan fingerprint density at radius 3 is 2.40 bits per heavy atom. The van der Waals surface area contributed by atoms with E-state index in [0.29, 0.717) is 28.3 Å². The zero-order chi connectivity index (χ0) is 14.5. The van der Waals surface area contributed by atoms with E-state index >= 15 is 0 Å². The van der Waals surface area contributed by atoms with E-state index in [9.17, 15) is 4.79 Å². The van der Waals surface area contributed by atoms with Crippen molar-refractivity contribution in [3.63, 3.8) is 0 Å². The number of carbonyl (C=O) groups excluding carboxylic acids is 1. The van der Waals surface area contributed by atoms with Gasteiger partial charge in [0.1, 0.15) is 5.75 Å². The molecule has 0 unspecified atom stereocenters. The van der Waals surface area contributed by atoms with Crippen LogP contribution in [0.2, 0.25) is 10.0 Å². The Hall–Kier alpha value is -0.970. The third kappa shape index (κ3) is 4.27. The molecule has 0 spiro atoms. The second-order valence-corrected chi connectivity index (χ2v) is 5.83. The fourth-order valence-corrected chi connectivity index (χ4v) is 2.77. The molecule has 1 aromatic carbocycles. The average molecular weight is 317 g/mol. The highest BCUT2D eigenvalue weighted by Gasteiger charge is 2.22. The number of piperidine rings is 1. The largest absolute Gasteiger partial charge is 0.484 e. The molecule has 0 radical (unpaired) electrons. The second kappa shape index (κ2) is 7.16. The quantitative estimate of drug-likeness (QED) is 0.928. The molecule has 1 fully saturated rings. The Kier molecular flexibility index (Phi) is 5.52. The van der Waals surface area contributed by atoms with Crippen LogP contribution in [0, 0.1) is 5.92 Å². The van der Waals surface area contributed by atoms with Gasteiger partial charge in [0.15, 0.2) is 6.61 Å². The summed E-state index contributed by atoms with van der Waals surface area (Å²) < 4.78 is 5.45. The summed E-state index contributed by atoms with van der Waals surface area (Å²) in [6.07, 6.45) is 1.93. The van der Waals surface area contributed by atoms with Gasteiger partial charge in [0.25, 0.3) is 5.91 Å². The van der Waals surface area contributed by atoms with Crippen LogP contribution in [-0.2, 0) is 4.79 Å². The van der Waals surface area contributed by atoms with Gasteiger partial charge in [-0.1, -0.05) is 23.2 Å². The molecule has 1 aromatic rings. The highest BCUT2D eigenvalue weighted by molar-refractivity contribution is 6.34. The van der Waals surface area contributed by atoms with Crippen LogP contribution in [0.25, 0.3) is 0 Å². The molecule has 2 rings (SSSR count). The van der Waals surface area contributed by atoms with Gasteiger partial charge in [0.2, 0.25) is 0 Å². The minimum absolute atomic E-state index is 0.00393. The molecule has 2 N–H and O–H groups in total. The van der Waals surface area contributed by atoms with Crippen LogP contribution in [0.15, 0.2) is 18.2 Å². The third-order valence-corrected chi connectivity index (χ3v) is 3.94. The molecule has 1 aliphatic heterocycles. The van der Waals surface area contributed by atoms with Crippen molar-refractivity contribution in [2.45, 2.75) is 12.8 Å². The summed E-state index contributed by atoms with van der Waals surface area (Å²) in [6.45, 7) is 2.20. The lowest BCUT2D eigenvalue weighted by atomic mass is 9.97. The van der Waals surface area contributed by atoms with E-state index in [1.165, 1.54) is 0 Å². The Labute approximate surface area is 128 Å². The maximum absolute atomic E-state index is 12.0. The molecule has 0 saturated carbocycles. The topological polar surface area (TPSA) is 55.6 Å². The van der Waals surface area contributed by atoms with E-state index in [1.807, 2.05) is 4.90 Å². The minimum Gasteiger partial charge on any atom is -0.484 e. The summed E-state index contributed by atoms with van der Waals surface area (Å²) in [7, 11) is 0. The van der Waals surface area contributed by atoms with Crippen molar-refractivity contribution in [1.82, 2.24) is 4.90 Å². The Morgan fingerprint density at radius 1 is 1.25 bits per heavy atom. The van der Waals surface area contributed by atoms with E-state index in [2.05, 4.69) is 0 Å². The third-order valence-electron chi connectivity index (χ3n) is 3.50. The number of ether oxygens (including phenoxy) is 1. The highest BCUT2D eigenvalue weighted by atomic mass is 35.5. The first-order valence-corrected chi connectivity index (χ1v) is 7.41. The molecule has 6 heteroatoms. The zero-order valence-electron chi connectivity index (χ0n) is 11.1. The van der Waals surface area contributed by atoms with E-state index in [4.69, 9.17) is 33.7 Å². The smallest absolute Gasteiger partial charge is 0.260 e. The van der Waals surface area contributed by atoms with Gasteiger partial charge in [-0.2, -0.15) is 0 Å². The number of hydrogen-bond donors (Lipinski definition) is 1. The summed E-state index contributed by atoms with van der Waals surface area (Å²) in [5.41, 5.74) is 5.63. The number of rotatable bonds is 4. The predicted molar refractivity (Wildman–Crippen MR) is 80.3 cm³/mol. The number of nitrogens with two attached hydrogens (primary N) is 1. The van der Waals surface area contributed by atoms with Crippen molar-refractivity contribution in [3.05, 3.63) is 28.2 Å². The second-order valence-electron chi connectivity index (χ2n) is 4.95. The number of benzene rings is 1. The van der Waals surface area contributed by atoms with E-state index in [1.54, 1.807) is 18.2 Å². The normalized spacial score (nSPS) is 16.2. The summed E-state index contributed by atoms with van der Waals surface area (Å²) in [5, 5.41) is 0.979. The van der Waals surface area contributed by atoms with Crippen molar-refractivity contribution in [2.75, 3.05) is 26.2 Å². The molecule has 0 aromatic heterocycles. The van der Waals surface area contributed by atoms with Crippen LogP contribution in [0.5, 0.6) is 5.75 Å². The molecule has 20 heavy (non-hydrogen) atoms. The maximum atomic E-state index is 12.0. The van der Waals surface area contributed by atoms with Crippen molar-refractivity contribution < 1.29 is 9.53 Å². The first-order valence-electron chi connectivity index (χ1n) is 6.65. The zero-order valence-corrected chi connectivity index (χ0v) is 12.7. The molecule has 1 aliphatic rings. The van der Waals surface area contributed by atoms with Gasteiger partial charge >= 0.3 is 0 Å². The monoisotopic (exact) mass is 316 g/mol. The van der Waals surface area contributed by atoms with Gasteiger partial charge in [0.05, 0.1) is 0 Å².